The first kappa shape index (κ1) is 11.9. The molecule has 1 heterocycles. The van der Waals surface area contributed by atoms with Gasteiger partial charge in [-0.15, -0.1) is 0 Å². The van der Waals surface area contributed by atoms with Crippen LogP contribution in [0.5, 0.6) is 0 Å². The molecule has 0 aliphatic carbocycles. The molecular formula is C11H19N3O. The van der Waals surface area contributed by atoms with E-state index >= 15 is 0 Å². The van der Waals surface area contributed by atoms with Gasteiger partial charge in [-0.1, -0.05) is 6.92 Å². The van der Waals surface area contributed by atoms with Crippen LogP contribution in [0.15, 0.2) is 23.1 Å². The summed E-state index contributed by atoms with van der Waals surface area (Å²) < 4.78 is 0. The van der Waals surface area contributed by atoms with Crippen LogP contribution in [0.3, 0.4) is 0 Å². The molecule has 0 bridgehead atoms. The van der Waals surface area contributed by atoms with Gasteiger partial charge in [-0.05, 0) is 25.2 Å². The Bertz CT molecular complexity index is 335. The highest BCUT2D eigenvalue weighted by Crippen LogP contribution is 1.97. The van der Waals surface area contributed by atoms with E-state index in [9.17, 15) is 4.79 Å². The van der Waals surface area contributed by atoms with Crippen molar-refractivity contribution < 1.29 is 0 Å². The number of rotatable bonds is 6. The fraction of sp³-hybridized carbons (Fsp3) is 0.545. The fourth-order valence-electron chi connectivity index (χ4n) is 1.42. The Morgan fingerprint density at radius 3 is 3.00 bits per heavy atom. The van der Waals surface area contributed by atoms with E-state index in [1.165, 1.54) is 0 Å². The molecule has 2 N–H and O–H groups in total. The second-order valence-electron chi connectivity index (χ2n) is 3.65. The summed E-state index contributed by atoms with van der Waals surface area (Å²) in [7, 11) is 2.05. The summed E-state index contributed by atoms with van der Waals surface area (Å²) in [6, 6.07) is 3.58. The maximum atomic E-state index is 11.0. The molecule has 15 heavy (non-hydrogen) atoms. The summed E-state index contributed by atoms with van der Waals surface area (Å²) in [5.74, 6) is 0. The fourth-order valence-corrected chi connectivity index (χ4v) is 1.42. The molecule has 0 fully saturated rings. The highest BCUT2D eigenvalue weighted by Gasteiger charge is 1.99. The molecule has 0 saturated carbocycles. The molecule has 0 unspecified atom stereocenters. The number of aromatic nitrogens is 1. The number of pyridine rings is 1. The zero-order chi connectivity index (χ0) is 11.1. The van der Waals surface area contributed by atoms with E-state index in [-0.39, 0.29) is 5.56 Å². The lowest BCUT2D eigenvalue weighted by Gasteiger charge is -2.16. The third-order valence-corrected chi connectivity index (χ3v) is 2.21. The van der Waals surface area contributed by atoms with Gasteiger partial charge in [0.1, 0.15) is 0 Å². The molecule has 0 radical (unpaired) electrons. The predicted octanol–water partition coefficient (Wildman–Crippen LogP) is 0.416. The van der Waals surface area contributed by atoms with Crippen LogP contribution in [-0.2, 0) is 6.54 Å². The molecule has 4 nitrogen and oxygen atoms in total. The molecular weight excluding hydrogens is 190 g/mol. The molecule has 1 aromatic rings. The van der Waals surface area contributed by atoms with Gasteiger partial charge in [0.15, 0.2) is 0 Å². The first-order valence-corrected chi connectivity index (χ1v) is 5.29. The number of hydrogen-bond donors (Lipinski definition) is 2. The minimum absolute atomic E-state index is 0.0346. The average molecular weight is 209 g/mol. The average Bonchev–Trinajstić information content (AvgIpc) is 2.18. The maximum Gasteiger partial charge on any atom is 0.248 e. The van der Waals surface area contributed by atoms with Crippen LogP contribution in [0.4, 0.5) is 0 Å². The van der Waals surface area contributed by atoms with Gasteiger partial charge in [0.2, 0.25) is 5.56 Å². The molecule has 1 rings (SSSR count). The monoisotopic (exact) mass is 209 g/mol. The van der Waals surface area contributed by atoms with Crippen LogP contribution in [0.1, 0.15) is 12.5 Å². The summed E-state index contributed by atoms with van der Waals surface area (Å²) in [4.78, 5) is 15.8. The lowest BCUT2D eigenvalue weighted by atomic mass is 10.2. The quantitative estimate of drug-likeness (QED) is 0.667. The highest BCUT2D eigenvalue weighted by atomic mass is 16.1. The van der Waals surface area contributed by atoms with Crippen LogP contribution >= 0.6 is 0 Å². The van der Waals surface area contributed by atoms with Gasteiger partial charge in [-0.25, -0.2) is 0 Å². The Hall–Kier alpha value is -1.13. The van der Waals surface area contributed by atoms with Crippen molar-refractivity contribution in [2.75, 3.05) is 26.7 Å². The van der Waals surface area contributed by atoms with E-state index < -0.39 is 0 Å². The lowest BCUT2D eigenvalue weighted by molar-refractivity contribution is 0.325. The van der Waals surface area contributed by atoms with Crippen molar-refractivity contribution in [3.05, 3.63) is 34.2 Å². The second kappa shape index (κ2) is 6.37. The van der Waals surface area contributed by atoms with E-state index in [2.05, 4.69) is 29.2 Å². The van der Waals surface area contributed by atoms with Crippen molar-refractivity contribution in [3.8, 4) is 0 Å². The molecule has 0 spiro atoms. The molecule has 0 atom stereocenters. The lowest BCUT2D eigenvalue weighted by Crippen LogP contribution is -2.29. The standard InChI is InChI=1S/C11H19N3O/c1-3-12-6-7-14(2)9-10-4-5-13-11(15)8-10/h4-5,8,12H,3,6-7,9H2,1-2H3,(H,13,15). The number of likely N-dealkylation sites (N-methyl/N-ethyl adjacent to an activating group) is 2. The molecule has 4 heteroatoms. The first-order valence-electron chi connectivity index (χ1n) is 5.29. The van der Waals surface area contributed by atoms with Crippen LogP contribution in [0, 0.1) is 0 Å². The van der Waals surface area contributed by atoms with Gasteiger partial charge in [-0.3, -0.25) is 4.79 Å². The molecule has 0 aliphatic heterocycles. The zero-order valence-electron chi connectivity index (χ0n) is 9.42. The SMILES string of the molecule is CCNCCN(C)Cc1cc[nH]c(=O)c1. The minimum atomic E-state index is -0.0346. The van der Waals surface area contributed by atoms with E-state index in [1.807, 2.05) is 6.07 Å². The van der Waals surface area contributed by atoms with Gasteiger partial charge in [0, 0.05) is 31.9 Å². The largest absolute Gasteiger partial charge is 0.329 e. The van der Waals surface area contributed by atoms with Gasteiger partial charge < -0.3 is 15.2 Å². The summed E-state index contributed by atoms with van der Waals surface area (Å²) in [6.45, 7) is 5.88. The van der Waals surface area contributed by atoms with E-state index in [4.69, 9.17) is 0 Å². The number of nitrogens with zero attached hydrogens (tertiary/aromatic N) is 1. The van der Waals surface area contributed by atoms with E-state index in [0.29, 0.717) is 0 Å². The molecule has 0 aromatic carbocycles. The van der Waals surface area contributed by atoms with Crippen LogP contribution in [0.25, 0.3) is 0 Å². The topological polar surface area (TPSA) is 48.1 Å². The number of aromatic amines is 1. The van der Waals surface area contributed by atoms with Crippen molar-refractivity contribution in [2.24, 2.45) is 0 Å². The predicted molar refractivity (Wildman–Crippen MR) is 61.9 cm³/mol. The van der Waals surface area contributed by atoms with E-state index in [0.717, 1.165) is 31.7 Å². The van der Waals surface area contributed by atoms with Gasteiger partial charge in [0.25, 0.3) is 0 Å². The Labute approximate surface area is 90.3 Å². The highest BCUT2D eigenvalue weighted by molar-refractivity contribution is 5.09. The number of hydrogen-bond acceptors (Lipinski definition) is 3. The van der Waals surface area contributed by atoms with Gasteiger partial charge >= 0.3 is 0 Å². The Balaban J connectivity index is 2.37. The Morgan fingerprint density at radius 2 is 2.33 bits per heavy atom. The Morgan fingerprint density at radius 1 is 1.53 bits per heavy atom. The summed E-state index contributed by atoms with van der Waals surface area (Å²) >= 11 is 0. The molecule has 0 aliphatic rings. The summed E-state index contributed by atoms with van der Waals surface area (Å²) in [5, 5.41) is 3.27. The van der Waals surface area contributed by atoms with Crippen LogP contribution < -0.4 is 10.9 Å². The van der Waals surface area contributed by atoms with Crippen molar-refractivity contribution in [2.45, 2.75) is 13.5 Å². The molecule has 84 valence electrons. The molecule has 0 amide bonds. The van der Waals surface area contributed by atoms with Crippen molar-refractivity contribution in [1.29, 1.82) is 0 Å². The van der Waals surface area contributed by atoms with E-state index in [1.54, 1.807) is 12.3 Å². The summed E-state index contributed by atoms with van der Waals surface area (Å²) in [5.41, 5.74) is 1.02. The second-order valence-corrected chi connectivity index (χ2v) is 3.65. The molecule has 1 aromatic heterocycles. The van der Waals surface area contributed by atoms with Crippen molar-refractivity contribution in [1.82, 2.24) is 15.2 Å². The van der Waals surface area contributed by atoms with Gasteiger partial charge in [0.05, 0.1) is 0 Å². The summed E-state index contributed by atoms with van der Waals surface area (Å²) in [6.07, 6.45) is 1.69. The normalized spacial score (nSPS) is 10.9. The van der Waals surface area contributed by atoms with Crippen LogP contribution in [0.2, 0.25) is 0 Å². The zero-order valence-corrected chi connectivity index (χ0v) is 9.42. The van der Waals surface area contributed by atoms with Crippen molar-refractivity contribution in [3.63, 3.8) is 0 Å². The van der Waals surface area contributed by atoms with Crippen molar-refractivity contribution >= 4 is 0 Å². The molecule has 0 saturated heterocycles. The number of nitrogens with one attached hydrogen (secondary N) is 2. The third kappa shape index (κ3) is 4.76. The Kier molecular flexibility index (Phi) is 5.07. The maximum absolute atomic E-state index is 11.0. The third-order valence-electron chi connectivity index (χ3n) is 2.21. The number of H-pyrrole nitrogens is 1. The smallest absolute Gasteiger partial charge is 0.248 e. The van der Waals surface area contributed by atoms with Gasteiger partial charge in [-0.2, -0.15) is 0 Å². The van der Waals surface area contributed by atoms with Crippen LogP contribution in [-0.4, -0.2) is 36.6 Å². The first-order chi connectivity index (χ1) is 7.22. The minimum Gasteiger partial charge on any atom is -0.329 e.